The summed E-state index contributed by atoms with van der Waals surface area (Å²) in [6.07, 6.45) is 5.72. The number of ether oxygens (including phenoxy) is 1. The lowest BCUT2D eigenvalue weighted by Crippen LogP contribution is -2.32. The maximum absolute atomic E-state index is 11.8. The van der Waals surface area contributed by atoms with Gasteiger partial charge in [-0.15, -0.1) is 0 Å². The lowest BCUT2D eigenvalue weighted by atomic mass is 9.94. The Labute approximate surface area is 127 Å². The standard InChI is InChI=1S/C16H29NO4/c1-12(2)9-13(10-16(19)20)11-17-15(18)7-6-14-5-3-4-8-21-14/h12-14H,3-11H2,1-2H3,(H,17,18)(H,19,20). The number of amides is 1. The lowest BCUT2D eigenvalue weighted by Gasteiger charge is -2.22. The fraction of sp³-hybridized carbons (Fsp3) is 0.875. The number of aliphatic carboxylic acids is 1. The van der Waals surface area contributed by atoms with E-state index in [-0.39, 0.29) is 24.3 Å². The number of carbonyl (C=O) groups excluding carboxylic acids is 1. The van der Waals surface area contributed by atoms with E-state index in [9.17, 15) is 9.59 Å². The first-order valence-corrected chi connectivity index (χ1v) is 8.07. The van der Waals surface area contributed by atoms with Crippen LogP contribution in [-0.2, 0) is 14.3 Å². The highest BCUT2D eigenvalue weighted by Gasteiger charge is 2.18. The summed E-state index contributed by atoms with van der Waals surface area (Å²) in [5.74, 6) is -0.354. The predicted octanol–water partition coefficient (Wildman–Crippen LogP) is 2.59. The van der Waals surface area contributed by atoms with Gasteiger partial charge in [0.05, 0.1) is 6.10 Å². The molecule has 1 aliphatic heterocycles. The van der Waals surface area contributed by atoms with Crippen molar-refractivity contribution in [1.82, 2.24) is 5.32 Å². The summed E-state index contributed by atoms with van der Waals surface area (Å²) >= 11 is 0. The fourth-order valence-corrected chi connectivity index (χ4v) is 2.83. The summed E-state index contributed by atoms with van der Waals surface area (Å²) in [6, 6.07) is 0. The summed E-state index contributed by atoms with van der Waals surface area (Å²) < 4.78 is 5.60. The van der Waals surface area contributed by atoms with Crippen LogP contribution in [0.25, 0.3) is 0 Å². The third-order valence-electron chi connectivity index (χ3n) is 3.82. The van der Waals surface area contributed by atoms with Gasteiger partial charge in [0, 0.05) is 26.0 Å². The zero-order chi connectivity index (χ0) is 15.7. The molecule has 0 spiro atoms. The summed E-state index contributed by atoms with van der Waals surface area (Å²) in [7, 11) is 0. The lowest BCUT2D eigenvalue weighted by molar-refractivity contribution is -0.138. The summed E-state index contributed by atoms with van der Waals surface area (Å²) in [6.45, 7) is 5.39. The Balaban J connectivity index is 2.23. The van der Waals surface area contributed by atoms with Crippen LogP contribution in [-0.4, -0.2) is 36.2 Å². The van der Waals surface area contributed by atoms with Crippen LogP contribution >= 0.6 is 0 Å². The Morgan fingerprint density at radius 2 is 2.10 bits per heavy atom. The quantitative estimate of drug-likeness (QED) is 0.686. The molecule has 0 radical (unpaired) electrons. The van der Waals surface area contributed by atoms with Crippen molar-refractivity contribution in [2.75, 3.05) is 13.2 Å². The highest BCUT2D eigenvalue weighted by atomic mass is 16.5. The predicted molar refractivity (Wildman–Crippen MR) is 81.0 cm³/mol. The number of carboxylic acids is 1. The SMILES string of the molecule is CC(C)CC(CNC(=O)CCC1CCCCO1)CC(=O)O. The molecule has 5 nitrogen and oxygen atoms in total. The maximum Gasteiger partial charge on any atom is 0.303 e. The van der Waals surface area contributed by atoms with Gasteiger partial charge in [-0.2, -0.15) is 0 Å². The molecule has 0 aromatic rings. The van der Waals surface area contributed by atoms with E-state index in [1.807, 2.05) is 0 Å². The molecule has 2 atom stereocenters. The van der Waals surface area contributed by atoms with Crippen molar-refractivity contribution in [3.05, 3.63) is 0 Å². The van der Waals surface area contributed by atoms with Crippen molar-refractivity contribution in [1.29, 1.82) is 0 Å². The number of carboxylic acid groups (broad SMARTS) is 1. The molecule has 0 aromatic heterocycles. The normalized spacial score (nSPS) is 20.2. The molecule has 1 saturated heterocycles. The molecule has 1 heterocycles. The van der Waals surface area contributed by atoms with Crippen LogP contribution in [0, 0.1) is 11.8 Å². The molecule has 2 N–H and O–H groups in total. The number of hydrogen-bond acceptors (Lipinski definition) is 3. The van der Waals surface area contributed by atoms with Crippen molar-refractivity contribution in [3.8, 4) is 0 Å². The van der Waals surface area contributed by atoms with Gasteiger partial charge in [0.15, 0.2) is 0 Å². The van der Waals surface area contributed by atoms with Crippen molar-refractivity contribution in [2.45, 2.75) is 64.9 Å². The fourth-order valence-electron chi connectivity index (χ4n) is 2.83. The van der Waals surface area contributed by atoms with Crippen molar-refractivity contribution >= 4 is 11.9 Å². The summed E-state index contributed by atoms with van der Waals surface area (Å²) in [5, 5.41) is 11.8. The van der Waals surface area contributed by atoms with Crippen LogP contribution in [0.5, 0.6) is 0 Å². The molecule has 21 heavy (non-hydrogen) atoms. The van der Waals surface area contributed by atoms with Gasteiger partial charge in [0.1, 0.15) is 0 Å². The molecular formula is C16H29NO4. The minimum Gasteiger partial charge on any atom is -0.481 e. The van der Waals surface area contributed by atoms with Crippen LogP contribution < -0.4 is 5.32 Å². The molecule has 0 aliphatic carbocycles. The van der Waals surface area contributed by atoms with Gasteiger partial charge in [-0.25, -0.2) is 0 Å². The third-order valence-corrected chi connectivity index (χ3v) is 3.82. The molecule has 122 valence electrons. The minimum atomic E-state index is -0.800. The van der Waals surface area contributed by atoms with E-state index in [1.54, 1.807) is 0 Å². The largest absolute Gasteiger partial charge is 0.481 e. The van der Waals surface area contributed by atoms with Gasteiger partial charge < -0.3 is 15.2 Å². The average Bonchev–Trinajstić information content (AvgIpc) is 2.42. The third kappa shape index (κ3) is 8.71. The zero-order valence-corrected chi connectivity index (χ0v) is 13.3. The number of rotatable bonds is 9. The summed E-state index contributed by atoms with van der Waals surface area (Å²) in [5.41, 5.74) is 0. The molecular weight excluding hydrogens is 270 g/mol. The van der Waals surface area contributed by atoms with Crippen molar-refractivity contribution in [2.24, 2.45) is 11.8 Å². The van der Waals surface area contributed by atoms with Gasteiger partial charge in [0.2, 0.25) is 5.91 Å². The smallest absolute Gasteiger partial charge is 0.303 e. The second-order valence-corrected chi connectivity index (χ2v) is 6.42. The second kappa shape index (κ2) is 9.77. The highest BCUT2D eigenvalue weighted by Crippen LogP contribution is 2.17. The van der Waals surface area contributed by atoms with Crippen LogP contribution in [0.3, 0.4) is 0 Å². The molecule has 1 aliphatic rings. The monoisotopic (exact) mass is 299 g/mol. The van der Waals surface area contributed by atoms with Crippen LogP contribution in [0.4, 0.5) is 0 Å². The van der Waals surface area contributed by atoms with Crippen LogP contribution in [0.15, 0.2) is 0 Å². The molecule has 1 amide bonds. The van der Waals surface area contributed by atoms with E-state index in [4.69, 9.17) is 9.84 Å². The number of carbonyl (C=O) groups is 2. The van der Waals surface area contributed by atoms with Gasteiger partial charge >= 0.3 is 5.97 Å². The highest BCUT2D eigenvalue weighted by molar-refractivity contribution is 5.76. The van der Waals surface area contributed by atoms with E-state index >= 15 is 0 Å². The Morgan fingerprint density at radius 3 is 2.67 bits per heavy atom. The van der Waals surface area contributed by atoms with Gasteiger partial charge in [-0.1, -0.05) is 13.8 Å². The molecule has 0 saturated carbocycles. The molecule has 0 bridgehead atoms. The Kier molecular flexibility index (Phi) is 8.35. The first-order valence-electron chi connectivity index (χ1n) is 8.07. The van der Waals surface area contributed by atoms with Gasteiger partial charge in [-0.05, 0) is 43.9 Å². The Morgan fingerprint density at radius 1 is 1.33 bits per heavy atom. The second-order valence-electron chi connectivity index (χ2n) is 6.42. The van der Waals surface area contributed by atoms with Crippen molar-refractivity contribution < 1.29 is 19.4 Å². The first-order chi connectivity index (χ1) is 9.97. The van der Waals surface area contributed by atoms with E-state index in [0.717, 1.165) is 32.3 Å². The topological polar surface area (TPSA) is 75.6 Å². The van der Waals surface area contributed by atoms with Crippen molar-refractivity contribution in [3.63, 3.8) is 0 Å². The number of nitrogens with one attached hydrogen (secondary N) is 1. The molecule has 5 heteroatoms. The summed E-state index contributed by atoms with van der Waals surface area (Å²) in [4.78, 5) is 22.7. The van der Waals surface area contributed by atoms with Crippen LogP contribution in [0.1, 0.15) is 58.8 Å². The Bertz CT molecular complexity index is 324. The molecule has 2 unspecified atom stereocenters. The van der Waals surface area contributed by atoms with E-state index in [2.05, 4.69) is 19.2 Å². The molecule has 1 fully saturated rings. The van der Waals surface area contributed by atoms with Crippen LogP contribution in [0.2, 0.25) is 0 Å². The van der Waals surface area contributed by atoms with Gasteiger partial charge in [0.25, 0.3) is 0 Å². The maximum atomic E-state index is 11.8. The van der Waals surface area contributed by atoms with E-state index in [0.29, 0.717) is 18.9 Å². The molecule has 0 aromatic carbocycles. The Hall–Kier alpha value is -1.10. The average molecular weight is 299 g/mol. The van der Waals surface area contributed by atoms with E-state index < -0.39 is 5.97 Å². The van der Waals surface area contributed by atoms with Gasteiger partial charge in [-0.3, -0.25) is 9.59 Å². The molecule has 1 rings (SSSR count). The zero-order valence-electron chi connectivity index (χ0n) is 13.3. The number of hydrogen-bond donors (Lipinski definition) is 2. The minimum absolute atomic E-state index is 0.00307. The van der Waals surface area contributed by atoms with E-state index in [1.165, 1.54) is 6.42 Å². The first kappa shape index (κ1) is 18.0.